The molecule has 1 rings (SSSR count). The summed E-state index contributed by atoms with van der Waals surface area (Å²) in [5, 5.41) is 0.246. The van der Waals surface area contributed by atoms with Gasteiger partial charge in [0.1, 0.15) is 0 Å². The summed E-state index contributed by atoms with van der Waals surface area (Å²) in [6, 6.07) is 2.75. The van der Waals surface area contributed by atoms with Crippen LogP contribution in [0.2, 0.25) is 5.02 Å². The van der Waals surface area contributed by atoms with Crippen LogP contribution in [0.15, 0.2) is 12.1 Å². The SMILES string of the molecule is CCCS(=O)(=O)Nc1ccc(Cl)c([As])c1F. The summed E-state index contributed by atoms with van der Waals surface area (Å²) in [6.45, 7) is 1.74. The van der Waals surface area contributed by atoms with E-state index in [0.29, 0.717) is 6.42 Å². The Labute approximate surface area is 108 Å². The van der Waals surface area contributed by atoms with Crippen molar-refractivity contribution in [2.75, 3.05) is 10.5 Å². The van der Waals surface area contributed by atoms with Crippen molar-refractivity contribution in [2.24, 2.45) is 0 Å². The molecule has 0 unspecified atom stereocenters. The minimum atomic E-state index is -3.48. The third-order valence-electron chi connectivity index (χ3n) is 1.81. The quantitative estimate of drug-likeness (QED) is 0.851. The summed E-state index contributed by atoms with van der Waals surface area (Å²) < 4.78 is 38.8. The molecule has 0 amide bonds. The molecule has 0 aliphatic rings. The molecule has 0 aliphatic heterocycles. The van der Waals surface area contributed by atoms with Gasteiger partial charge in [-0.15, -0.1) is 0 Å². The van der Waals surface area contributed by atoms with E-state index in [-0.39, 0.29) is 20.8 Å². The van der Waals surface area contributed by atoms with Crippen LogP contribution >= 0.6 is 11.6 Å². The number of anilines is 1. The molecule has 0 atom stereocenters. The molecule has 1 N–H and O–H groups in total. The van der Waals surface area contributed by atoms with E-state index >= 15 is 0 Å². The summed E-state index contributed by atoms with van der Waals surface area (Å²) in [7, 11) is -3.48. The first-order valence-electron chi connectivity index (χ1n) is 4.55. The van der Waals surface area contributed by atoms with Crippen LogP contribution in [-0.4, -0.2) is 31.0 Å². The molecule has 16 heavy (non-hydrogen) atoms. The molecule has 0 fully saturated rings. The molecule has 1 aromatic rings. The topological polar surface area (TPSA) is 46.2 Å². The number of rotatable bonds is 4. The summed E-state index contributed by atoms with van der Waals surface area (Å²) in [4.78, 5) is 0. The zero-order chi connectivity index (χ0) is 12.3. The van der Waals surface area contributed by atoms with Gasteiger partial charge in [0.2, 0.25) is 0 Å². The second-order valence-corrected chi connectivity index (χ2v) is 6.37. The van der Waals surface area contributed by atoms with Crippen molar-refractivity contribution in [3.8, 4) is 0 Å². The molecular formula is C9H10AsClFNO2S. The van der Waals surface area contributed by atoms with Crippen molar-refractivity contribution in [3.05, 3.63) is 23.0 Å². The zero-order valence-corrected chi connectivity index (χ0v) is 11.9. The van der Waals surface area contributed by atoms with Crippen molar-refractivity contribution in [1.82, 2.24) is 0 Å². The molecule has 0 bridgehead atoms. The molecule has 0 aliphatic carbocycles. The molecule has 3 nitrogen and oxygen atoms in total. The number of nitrogens with one attached hydrogen (secondary N) is 1. The van der Waals surface area contributed by atoms with Crippen LogP contribution in [0, 0.1) is 5.82 Å². The van der Waals surface area contributed by atoms with Gasteiger partial charge in [0.15, 0.2) is 0 Å². The summed E-state index contributed by atoms with van der Waals surface area (Å²) in [5.74, 6) is -0.699. The van der Waals surface area contributed by atoms with Gasteiger partial charge < -0.3 is 0 Å². The van der Waals surface area contributed by atoms with E-state index in [0.717, 1.165) is 0 Å². The average Bonchev–Trinajstić information content (AvgIpc) is 2.19. The summed E-state index contributed by atoms with van der Waals surface area (Å²) in [5.41, 5.74) is -0.0755. The van der Waals surface area contributed by atoms with Gasteiger partial charge in [-0.25, -0.2) is 0 Å². The van der Waals surface area contributed by atoms with Crippen LogP contribution in [0.3, 0.4) is 0 Å². The molecule has 1 aromatic carbocycles. The van der Waals surface area contributed by atoms with Gasteiger partial charge >= 0.3 is 108 Å². The standard InChI is InChI=1S/C9H10AsClFNO2S/c1-2-5-16(14,15)13-7-4-3-6(11)8(10)9(7)12/h3-4,13H,2,5H2,1H3. The predicted octanol–water partition coefficient (Wildman–Crippen LogP) is 1.42. The molecule has 88 valence electrons. The fourth-order valence-electron chi connectivity index (χ4n) is 1.11. The van der Waals surface area contributed by atoms with Crippen LogP contribution in [0.1, 0.15) is 13.3 Å². The Balaban J connectivity index is 3.04. The van der Waals surface area contributed by atoms with Crippen molar-refractivity contribution >= 4 is 48.5 Å². The first-order chi connectivity index (χ1) is 7.37. The van der Waals surface area contributed by atoms with E-state index in [1.807, 2.05) is 16.9 Å². The summed E-state index contributed by atoms with van der Waals surface area (Å²) >= 11 is 7.66. The fraction of sp³-hybridized carbons (Fsp3) is 0.333. The van der Waals surface area contributed by atoms with Gasteiger partial charge in [0, 0.05) is 0 Å². The van der Waals surface area contributed by atoms with E-state index in [1.165, 1.54) is 12.1 Å². The first-order valence-corrected chi connectivity index (χ1v) is 7.51. The number of benzene rings is 1. The number of sulfonamides is 1. The first kappa shape index (κ1) is 13.8. The van der Waals surface area contributed by atoms with Gasteiger partial charge in [-0.3, -0.25) is 0 Å². The van der Waals surface area contributed by atoms with E-state index < -0.39 is 15.8 Å². The third-order valence-corrected chi connectivity index (χ3v) is 4.80. The number of halogens is 2. The average molecular weight is 326 g/mol. The van der Waals surface area contributed by atoms with Gasteiger partial charge in [0.25, 0.3) is 0 Å². The van der Waals surface area contributed by atoms with Crippen molar-refractivity contribution in [2.45, 2.75) is 13.3 Å². The fourth-order valence-corrected chi connectivity index (χ4v) is 2.79. The van der Waals surface area contributed by atoms with E-state index in [2.05, 4.69) is 4.72 Å². The van der Waals surface area contributed by atoms with Crippen LogP contribution in [-0.2, 0) is 10.0 Å². The van der Waals surface area contributed by atoms with Gasteiger partial charge in [-0.05, 0) is 0 Å². The Morgan fingerprint density at radius 2 is 2.12 bits per heavy atom. The maximum absolute atomic E-state index is 13.6. The van der Waals surface area contributed by atoms with E-state index in [9.17, 15) is 12.8 Å². The summed E-state index contributed by atoms with van der Waals surface area (Å²) in [6.07, 6.45) is 0.472. The Morgan fingerprint density at radius 1 is 1.50 bits per heavy atom. The Kier molecular flexibility index (Phi) is 4.65. The minimum absolute atomic E-state index is 0.0387. The van der Waals surface area contributed by atoms with Gasteiger partial charge in [0.05, 0.1) is 0 Å². The molecule has 7 heteroatoms. The van der Waals surface area contributed by atoms with Crippen LogP contribution in [0.25, 0.3) is 0 Å². The molecule has 0 aromatic heterocycles. The molecule has 0 saturated carbocycles. The normalized spacial score (nSPS) is 11.5. The molecule has 2 radical (unpaired) electrons. The second kappa shape index (κ2) is 5.39. The second-order valence-electron chi connectivity index (χ2n) is 3.18. The zero-order valence-electron chi connectivity index (χ0n) is 8.50. The van der Waals surface area contributed by atoms with Crippen molar-refractivity contribution in [3.63, 3.8) is 0 Å². The van der Waals surface area contributed by atoms with Crippen LogP contribution < -0.4 is 9.07 Å². The predicted molar refractivity (Wildman–Crippen MR) is 64.5 cm³/mol. The maximum atomic E-state index is 13.6. The van der Waals surface area contributed by atoms with Crippen molar-refractivity contribution in [1.29, 1.82) is 0 Å². The Hall–Kier alpha value is -0.252. The van der Waals surface area contributed by atoms with E-state index in [1.54, 1.807) is 6.92 Å². The van der Waals surface area contributed by atoms with E-state index in [4.69, 9.17) is 11.6 Å². The Morgan fingerprint density at radius 3 is 2.69 bits per heavy atom. The number of hydrogen-bond acceptors (Lipinski definition) is 2. The van der Waals surface area contributed by atoms with Gasteiger partial charge in [-0.1, -0.05) is 0 Å². The molecular weight excluding hydrogens is 316 g/mol. The van der Waals surface area contributed by atoms with Gasteiger partial charge in [-0.2, -0.15) is 0 Å². The van der Waals surface area contributed by atoms with Crippen molar-refractivity contribution < 1.29 is 12.8 Å². The third kappa shape index (κ3) is 3.37. The number of hydrogen-bond donors (Lipinski definition) is 1. The molecule has 0 spiro atoms. The molecule has 0 heterocycles. The Bertz CT molecular complexity index is 493. The monoisotopic (exact) mass is 325 g/mol. The van der Waals surface area contributed by atoms with Crippen LogP contribution in [0.5, 0.6) is 0 Å². The van der Waals surface area contributed by atoms with Crippen LogP contribution in [0.4, 0.5) is 10.1 Å². The molecule has 0 saturated heterocycles.